The Bertz CT molecular complexity index is 1220. The number of urea groups is 1. The molecular weight excluding hydrogens is 498 g/mol. The molecule has 38 heavy (non-hydrogen) atoms. The van der Waals surface area contributed by atoms with Crippen molar-refractivity contribution in [1.29, 1.82) is 0 Å². The Labute approximate surface area is 229 Å². The lowest BCUT2D eigenvalue weighted by atomic mass is 10.0. The number of nitrogens with one attached hydrogen (secondary N) is 1. The van der Waals surface area contributed by atoms with Gasteiger partial charge in [0.2, 0.25) is 5.91 Å². The van der Waals surface area contributed by atoms with Crippen molar-refractivity contribution in [3.63, 3.8) is 0 Å². The number of hydrogen-bond acceptors (Lipinski definition) is 5. The molecule has 1 aliphatic rings. The van der Waals surface area contributed by atoms with Crippen LogP contribution in [0.25, 0.3) is 0 Å². The fourth-order valence-electron chi connectivity index (χ4n) is 4.54. The number of carbonyl (C=O) groups excluding carboxylic acids is 2. The zero-order valence-electron chi connectivity index (χ0n) is 22.6. The lowest BCUT2D eigenvalue weighted by Crippen LogP contribution is -2.49. The summed E-state index contributed by atoms with van der Waals surface area (Å²) < 4.78 is 11.6. The van der Waals surface area contributed by atoms with Gasteiger partial charge in [-0.1, -0.05) is 43.7 Å². The van der Waals surface area contributed by atoms with Gasteiger partial charge in [-0.05, 0) is 67.0 Å². The molecule has 7 nitrogen and oxygen atoms in total. The van der Waals surface area contributed by atoms with Crippen molar-refractivity contribution in [3.05, 3.63) is 76.0 Å². The first kappa shape index (κ1) is 27.5. The maximum Gasteiger partial charge on any atom is 0.322 e. The monoisotopic (exact) mass is 535 g/mol. The van der Waals surface area contributed by atoms with Gasteiger partial charge in [0, 0.05) is 23.7 Å². The molecule has 2 aromatic carbocycles. The van der Waals surface area contributed by atoms with E-state index in [1.165, 1.54) is 4.88 Å². The van der Waals surface area contributed by atoms with Crippen LogP contribution in [0.4, 0.5) is 10.5 Å². The number of benzene rings is 2. The van der Waals surface area contributed by atoms with Crippen LogP contribution in [0.3, 0.4) is 0 Å². The summed E-state index contributed by atoms with van der Waals surface area (Å²) in [5, 5.41) is 5.03. The number of ether oxygens (including phenoxy) is 2. The van der Waals surface area contributed by atoms with Gasteiger partial charge in [-0.2, -0.15) is 0 Å². The second kappa shape index (κ2) is 12.8. The van der Waals surface area contributed by atoms with E-state index in [0.717, 1.165) is 24.0 Å². The van der Waals surface area contributed by atoms with Gasteiger partial charge in [-0.3, -0.25) is 4.79 Å². The maximum atomic E-state index is 13.8. The van der Waals surface area contributed by atoms with Gasteiger partial charge in [0.15, 0.2) is 11.5 Å². The first-order valence-corrected chi connectivity index (χ1v) is 14.0. The number of rotatable bonds is 10. The molecule has 0 fully saturated rings. The number of anilines is 1. The van der Waals surface area contributed by atoms with E-state index in [4.69, 9.17) is 9.47 Å². The Kier molecular flexibility index (Phi) is 9.29. The number of para-hydroxylation sites is 2. The summed E-state index contributed by atoms with van der Waals surface area (Å²) in [4.78, 5) is 31.8. The summed E-state index contributed by atoms with van der Waals surface area (Å²) in [6.07, 6.45) is 1.61. The fourth-order valence-corrected chi connectivity index (χ4v) is 5.47. The second-order valence-corrected chi connectivity index (χ2v) is 11.0. The molecule has 4 rings (SSSR count). The molecule has 8 heteroatoms. The minimum Gasteiger partial charge on any atom is -0.493 e. The van der Waals surface area contributed by atoms with Crippen LogP contribution in [-0.2, 0) is 11.2 Å². The largest absolute Gasteiger partial charge is 0.493 e. The number of methoxy groups -OCH3 is 1. The third-order valence-corrected chi connectivity index (χ3v) is 7.77. The van der Waals surface area contributed by atoms with Gasteiger partial charge in [-0.25, -0.2) is 4.79 Å². The molecule has 1 aromatic heterocycles. The molecule has 1 atom stereocenters. The van der Waals surface area contributed by atoms with Gasteiger partial charge in [0.05, 0.1) is 13.2 Å². The highest BCUT2D eigenvalue weighted by atomic mass is 32.1. The smallest absolute Gasteiger partial charge is 0.322 e. The molecule has 1 aliphatic heterocycles. The summed E-state index contributed by atoms with van der Waals surface area (Å²) in [5.41, 5.74) is 2.95. The molecule has 2 heterocycles. The zero-order valence-corrected chi connectivity index (χ0v) is 23.4. The van der Waals surface area contributed by atoms with Gasteiger partial charge in [0.25, 0.3) is 0 Å². The third-order valence-electron chi connectivity index (χ3n) is 6.77. The van der Waals surface area contributed by atoms with Gasteiger partial charge in [-0.15, -0.1) is 11.3 Å². The minimum atomic E-state index is -0.266. The van der Waals surface area contributed by atoms with Crippen LogP contribution in [-0.4, -0.2) is 55.1 Å². The van der Waals surface area contributed by atoms with Gasteiger partial charge >= 0.3 is 6.03 Å². The zero-order chi connectivity index (χ0) is 27.1. The van der Waals surface area contributed by atoms with Crippen molar-refractivity contribution in [3.8, 4) is 11.5 Å². The summed E-state index contributed by atoms with van der Waals surface area (Å²) in [5.74, 6) is 1.61. The molecule has 0 aliphatic carbocycles. The molecule has 3 aromatic rings. The van der Waals surface area contributed by atoms with Crippen molar-refractivity contribution in [2.45, 2.75) is 39.7 Å². The lowest BCUT2D eigenvalue weighted by Gasteiger charge is -2.37. The van der Waals surface area contributed by atoms with Crippen LogP contribution in [0.5, 0.6) is 11.5 Å². The average molecular weight is 536 g/mol. The summed E-state index contributed by atoms with van der Waals surface area (Å²) in [6, 6.07) is 16.8. The van der Waals surface area contributed by atoms with E-state index < -0.39 is 0 Å². The van der Waals surface area contributed by atoms with Crippen molar-refractivity contribution >= 4 is 29.0 Å². The minimum absolute atomic E-state index is 0.00897. The van der Waals surface area contributed by atoms with Crippen molar-refractivity contribution in [2.24, 2.45) is 5.92 Å². The Balaban J connectivity index is 1.50. The number of aryl methyl sites for hydroxylation is 1. The Hall–Kier alpha value is -3.52. The van der Waals surface area contributed by atoms with Gasteiger partial charge in [0.1, 0.15) is 13.2 Å². The van der Waals surface area contributed by atoms with E-state index in [9.17, 15) is 9.59 Å². The molecule has 0 saturated carbocycles. The molecule has 0 spiro atoms. The lowest BCUT2D eigenvalue weighted by molar-refractivity contribution is -0.135. The number of hydrogen-bond donors (Lipinski definition) is 1. The molecule has 0 bridgehead atoms. The van der Waals surface area contributed by atoms with Crippen molar-refractivity contribution < 1.29 is 19.1 Å². The number of amides is 3. The second-order valence-electron chi connectivity index (χ2n) is 10.0. The predicted molar refractivity (Wildman–Crippen MR) is 152 cm³/mol. The number of fused-ring (bicyclic) bond motifs is 1. The van der Waals surface area contributed by atoms with Crippen molar-refractivity contribution in [1.82, 2.24) is 9.80 Å². The normalized spacial score (nSPS) is 14.7. The SMILES string of the molecule is COc1ccccc1OC[C@@H]1c2ccsc2CCN1C(=O)CN(CCC(C)C)C(=O)Nc1ccc(C)cc1. The quantitative estimate of drug-likeness (QED) is 0.338. The van der Waals surface area contributed by atoms with Crippen LogP contribution in [0.1, 0.15) is 42.3 Å². The molecule has 202 valence electrons. The van der Waals surface area contributed by atoms with Crippen molar-refractivity contribution in [2.75, 3.05) is 38.7 Å². The van der Waals surface area contributed by atoms with Gasteiger partial charge < -0.3 is 24.6 Å². The van der Waals surface area contributed by atoms with E-state index in [1.807, 2.05) is 60.4 Å². The highest BCUT2D eigenvalue weighted by Crippen LogP contribution is 2.35. The summed E-state index contributed by atoms with van der Waals surface area (Å²) >= 11 is 1.71. The van der Waals surface area contributed by atoms with Crippen LogP contribution >= 0.6 is 11.3 Å². The van der Waals surface area contributed by atoms with E-state index in [0.29, 0.717) is 42.8 Å². The number of thiophene rings is 1. The topological polar surface area (TPSA) is 71.1 Å². The predicted octanol–water partition coefficient (Wildman–Crippen LogP) is 6.15. The molecule has 0 radical (unpaired) electrons. The van der Waals surface area contributed by atoms with Crippen LogP contribution in [0.2, 0.25) is 0 Å². The molecular formula is C30H37N3O4S. The first-order chi connectivity index (χ1) is 18.4. The van der Waals surface area contributed by atoms with Crippen LogP contribution < -0.4 is 14.8 Å². The Morgan fingerprint density at radius 2 is 1.84 bits per heavy atom. The number of carbonyl (C=O) groups is 2. The van der Waals surface area contributed by atoms with E-state index in [-0.39, 0.29) is 24.5 Å². The van der Waals surface area contributed by atoms with E-state index in [1.54, 1.807) is 23.3 Å². The standard InChI is InChI=1S/C30H37N3O4S/c1-21(2)13-16-32(30(35)31-23-11-9-22(3)10-12-23)19-29(34)33-17-14-28-24(15-18-38-28)25(33)20-37-27-8-6-5-7-26(27)36-4/h5-12,15,18,21,25H,13-14,16-17,19-20H2,1-4H3,(H,31,35)/t25-/m1/s1. The first-order valence-electron chi connectivity index (χ1n) is 13.1. The maximum absolute atomic E-state index is 13.8. The van der Waals surface area contributed by atoms with E-state index >= 15 is 0 Å². The Morgan fingerprint density at radius 1 is 1.11 bits per heavy atom. The third kappa shape index (κ3) is 6.86. The molecule has 1 N–H and O–H groups in total. The Morgan fingerprint density at radius 3 is 2.55 bits per heavy atom. The summed E-state index contributed by atoms with van der Waals surface area (Å²) in [6.45, 7) is 7.64. The molecule has 0 saturated heterocycles. The van der Waals surface area contributed by atoms with Crippen LogP contribution in [0, 0.1) is 12.8 Å². The summed E-state index contributed by atoms with van der Waals surface area (Å²) in [7, 11) is 1.61. The van der Waals surface area contributed by atoms with E-state index in [2.05, 4.69) is 30.6 Å². The molecule has 0 unspecified atom stereocenters. The fraction of sp³-hybridized carbons (Fsp3) is 0.400. The molecule has 3 amide bonds. The number of nitrogens with zero attached hydrogens (tertiary/aromatic N) is 2. The highest BCUT2D eigenvalue weighted by molar-refractivity contribution is 7.10. The van der Waals surface area contributed by atoms with Crippen LogP contribution in [0.15, 0.2) is 60.0 Å². The highest BCUT2D eigenvalue weighted by Gasteiger charge is 2.33. The average Bonchev–Trinajstić information content (AvgIpc) is 3.40.